The van der Waals surface area contributed by atoms with Crippen LogP contribution in [0.4, 0.5) is 23.8 Å². The van der Waals surface area contributed by atoms with Crippen LogP contribution in [0.25, 0.3) is 44.7 Å². The van der Waals surface area contributed by atoms with Gasteiger partial charge in [0, 0.05) is 68.8 Å². The van der Waals surface area contributed by atoms with Crippen molar-refractivity contribution in [3.8, 4) is 5.75 Å². The maximum Gasteiger partial charge on any atom is 0.405 e. The average Bonchev–Trinajstić information content (AvgIpc) is 1.31. The smallest absolute Gasteiger partial charge is 0.405 e. The maximum absolute atomic E-state index is 13.6. The van der Waals surface area contributed by atoms with Gasteiger partial charge in [-0.1, -0.05) is 68.8 Å². The van der Waals surface area contributed by atoms with Gasteiger partial charge in [0.1, 0.15) is 49.0 Å². The number of unbranched alkanes of at least 4 members (excludes halogenated alkanes) is 1. The molecule has 124 heavy (non-hydrogen) atoms. The molecule has 0 saturated carbocycles. The molecule has 49 heteroatoms. The average molecular weight is 1830 g/mol. The lowest BCUT2D eigenvalue weighted by molar-refractivity contribution is -0.144. The van der Waals surface area contributed by atoms with Crippen LogP contribution in [0.15, 0.2) is 104 Å². The van der Waals surface area contributed by atoms with Crippen LogP contribution in [0, 0.1) is 13.8 Å². The number of ether oxygens (including phenoxy) is 6. The van der Waals surface area contributed by atoms with Gasteiger partial charge in [-0.3, -0.25) is 66.7 Å². The fourth-order valence-corrected chi connectivity index (χ4v) is 19.5. The number of anilines is 4. The number of alkyl halides is 1. The number of nitrogens with two attached hydrogens (primary N) is 4. The van der Waals surface area contributed by atoms with Gasteiger partial charge in [0.25, 0.3) is 29.8 Å². The highest BCUT2D eigenvalue weighted by atomic mass is 35.5. The minimum Gasteiger partial charge on any atom is -0.465 e. The summed E-state index contributed by atoms with van der Waals surface area (Å²) in [7, 11) is -11.7. The van der Waals surface area contributed by atoms with Crippen molar-refractivity contribution in [2.24, 2.45) is 0 Å². The molecule has 0 amide bonds. The Kier molecular flexibility index (Phi) is 34.2. The first kappa shape index (κ1) is 96.5. The predicted octanol–water partition coefficient (Wildman–Crippen LogP) is 8.88. The zero-order valence-electron chi connectivity index (χ0n) is 70.7. The van der Waals surface area contributed by atoms with E-state index in [4.69, 9.17) is 90.0 Å². The summed E-state index contributed by atoms with van der Waals surface area (Å²) in [4.78, 5) is 102. The van der Waals surface area contributed by atoms with Crippen molar-refractivity contribution in [2.75, 3.05) is 114 Å². The number of benzene rings is 2. The number of hydrogen-bond donors (Lipinski definition) is 10. The molecule has 0 aliphatic carbocycles. The van der Waals surface area contributed by atoms with Crippen molar-refractivity contribution in [3.05, 3.63) is 155 Å². The topological polar surface area (TPSA) is 586 Å². The van der Waals surface area contributed by atoms with E-state index in [1.165, 1.54) is 25.3 Å². The van der Waals surface area contributed by atoms with E-state index in [0.29, 0.717) is 92.3 Å². The number of carbonyl (C=O) groups is 1. The summed E-state index contributed by atoms with van der Waals surface area (Å²) in [6, 6.07) is 16.3. The zero-order valence-corrected chi connectivity index (χ0v) is 75.1. The molecule has 2 aliphatic heterocycles. The molecule has 0 radical (unpaired) electrons. The molecule has 2 aromatic carbocycles. The van der Waals surface area contributed by atoms with Crippen molar-refractivity contribution < 1.29 is 78.5 Å². The molecule has 1 saturated heterocycles. The van der Waals surface area contributed by atoms with Crippen LogP contribution in [-0.4, -0.2) is 198 Å². The van der Waals surface area contributed by atoms with Crippen molar-refractivity contribution in [1.82, 2.24) is 92.9 Å². The lowest BCUT2D eigenvalue weighted by Crippen LogP contribution is -2.43. The van der Waals surface area contributed by atoms with Crippen molar-refractivity contribution >= 4 is 116 Å². The van der Waals surface area contributed by atoms with Gasteiger partial charge < -0.3 is 87.6 Å². The highest BCUT2D eigenvalue weighted by Gasteiger charge is 2.38. The standard InChI is InChI=1S/C19H28ClN6O5P.C19H34N7O6P.C19H24N5O5P.C18H22N5O5P/c1-14-5-6-15(31-14)11-30-32(28,25(2)8-4-3-7-20)13-29-10-9-26-12-22-16-17(26)23-19(21)24-18(16)27;1-6-31-14(5)12(3)24-33(29,25-13(4)18(28)32-7-2)11-30-9-8-26-10-21-15-16(26)22-19(20)23-17(15)27;1-19(2,3)13-6-4-5-12-9-28-30(26,29-15(12)13)11-27-8-7-24-10-21-14-16(24)22-18(20)23-17(14)25;1-12-3-2-4-13(9-12)14-5-7-27-29(25,28-14)11-26-8-6-23-10-20-15-16(23)21-18(19)22-17(15)24/h5-6,12H,3-4,7-11,13H2,1-2H3,(H3,21,23,24,27);10,12-14H,6-9,11H2,1-5H3,(H2,24,25,29)(H3,20,22,23,27);4-6,10H,7-9,11H2,1-3H3,(H3,20,22,23,25);2-4,9-10,14H,5-8,11H2,1H3,(H3,19,21,22,24). The minimum absolute atomic E-state index is 0.00908. The van der Waals surface area contributed by atoms with E-state index in [1.54, 1.807) is 49.9 Å². The van der Waals surface area contributed by atoms with E-state index in [1.807, 2.05) is 83.1 Å². The number of imidazole rings is 4. The van der Waals surface area contributed by atoms with E-state index in [2.05, 4.69) is 90.8 Å². The van der Waals surface area contributed by atoms with E-state index in [-0.39, 0.29) is 141 Å². The Balaban J connectivity index is 0.000000173. The first-order valence-electron chi connectivity index (χ1n) is 39.7. The van der Waals surface area contributed by atoms with Gasteiger partial charge in [0.15, 0.2) is 51.0 Å². The largest absolute Gasteiger partial charge is 0.465 e. The molecule has 9 aromatic heterocycles. The number of H-pyrrole nitrogens is 4. The molecule has 11 aromatic rings. The number of rotatable bonds is 38. The number of nitrogen functional groups attached to an aromatic ring is 4. The molecule has 1 fully saturated rings. The molecule has 0 bridgehead atoms. The summed E-state index contributed by atoms with van der Waals surface area (Å²) in [6.45, 7) is 23.0. The number of halogens is 1. The fraction of sp³-hybridized carbons (Fsp3) is 0.507. The third-order valence-corrected chi connectivity index (χ3v) is 26.9. The van der Waals surface area contributed by atoms with Crippen molar-refractivity contribution in [1.29, 1.82) is 0 Å². The Morgan fingerprint density at radius 3 is 1.64 bits per heavy atom. The summed E-state index contributed by atoms with van der Waals surface area (Å²) in [5, 5.41) is 5.88. The van der Waals surface area contributed by atoms with Crippen LogP contribution in [0.2, 0.25) is 0 Å². The zero-order chi connectivity index (χ0) is 89.7. The number of esters is 1. The highest BCUT2D eigenvalue weighted by molar-refractivity contribution is 7.59. The first-order valence-corrected chi connectivity index (χ1v) is 47.3. The molecule has 11 heterocycles. The van der Waals surface area contributed by atoms with E-state index in [9.17, 15) is 42.2 Å². The number of nitrogens with zero attached hydrogens (tertiary/aromatic N) is 13. The molecule has 13 rings (SSSR count). The van der Waals surface area contributed by atoms with Crippen LogP contribution >= 0.6 is 41.8 Å². The number of carbonyl (C=O) groups excluding carboxylic acids is 1. The van der Waals surface area contributed by atoms with Crippen molar-refractivity contribution in [3.63, 3.8) is 0 Å². The third-order valence-electron chi connectivity index (χ3n) is 19.0. The quantitative estimate of drug-likeness (QED) is 0.00747. The molecule has 676 valence electrons. The lowest BCUT2D eigenvalue weighted by atomic mass is 9.85. The van der Waals surface area contributed by atoms with Gasteiger partial charge in [-0.2, -0.15) is 19.9 Å². The van der Waals surface area contributed by atoms with Crippen LogP contribution in [0.1, 0.15) is 115 Å². The Labute approximate surface area is 716 Å². The lowest BCUT2D eigenvalue weighted by Gasteiger charge is -2.31. The summed E-state index contributed by atoms with van der Waals surface area (Å²) >= 11 is 5.76. The molecular formula is C75H108ClN23O21P4. The van der Waals surface area contributed by atoms with E-state index < -0.39 is 64.4 Å². The predicted molar refractivity (Wildman–Crippen MR) is 464 cm³/mol. The van der Waals surface area contributed by atoms with E-state index in [0.717, 1.165) is 40.9 Å². The minimum atomic E-state index is -3.45. The monoisotopic (exact) mass is 1830 g/mol. The number of aromatic nitrogens is 16. The van der Waals surface area contributed by atoms with Crippen LogP contribution < -0.4 is 59.9 Å². The number of para-hydroxylation sites is 1. The number of hydrogen-bond acceptors (Lipinski definition) is 33. The van der Waals surface area contributed by atoms with Gasteiger partial charge in [-0.25, -0.2) is 39.3 Å². The Morgan fingerprint density at radius 1 is 0.661 bits per heavy atom. The van der Waals surface area contributed by atoms with Gasteiger partial charge in [0.2, 0.25) is 31.2 Å². The third kappa shape index (κ3) is 26.5. The van der Waals surface area contributed by atoms with Crippen LogP contribution in [0.5, 0.6) is 5.75 Å². The Bertz CT molecular complexity index is 5890. The second kappa shape index (κ2) is 44.0. The molecular weight excluding hydrogens is 1720 g/mol. The van der Waals surface area contributed by atoms with Gasteiger partial charge in [-0.15, -0.1) is 11.6 Å². The van der Waals surface area contributed by atoms with Gasteiger partial charge in [-0.05, 0) is 91.5 Å². The normalized spacial score (nSPS) is 17.6. The first-order chi connectivity index (χ1) is 59.0. The molecule has 8 atom stereocenters. The fourth-order valence-electron chi connectivity index (χ4n) is 12.6. The second-order valence-electron chi connectivity index (χ2n) is 29.8. The molecule has 0 spiro atoms. The summed E-state index contributed by atoms with van der Waals surface area (Å²) in [6.07, 6.45) is 7.02. The number of furan rings is 1. The summed E-state index contributed by atoms with van der Waals surface area (Å²) in [5.41, 5.74) is 26.7. The number of nitrogens with one attached hydrogen (secondary N) is 6. The molecule has 2 aliphatic rings. The molecule has 14 N–H and O–H groups in total. The van der Waals surface area contributed by atoms with Crippen LogP contribution in [-0.2, 0) is 114 Å². The maximum atomic E-state index is 13.6. The van der Waals surface area contributed by atoms with Crippen molar-refractivity contribution in [2.45, 2.75) is 158 Å². The SMILES string of the molecule is CC(C)(C)c1cccc2c1OP(=O)(COCCn1cnc3c(=O)[nH]c(N)nc31)OC2.CCOC(=O)C(C)NP(=O)(COCCn1cnc2c(=O)[nH]c(N)nc21)NC(C)C(C)OCC.Cc1ccc(COP(=O)(COCCn2cnc3c(=O)[nH]c(N)nc32)N(C)CCCCCl)o1.Cc1cccc(C2CCOP(=O)(COCCn3cnc4c(=O)[nH]c(N)nc43)O2)c1. The number of fused-ring (bicyclic) bond motifs is 5. The second-order valence-corrected chi connectivity index (χ2v) is 38.8. The number of aryl methyl sites for hydroxylation is 2. The van der Waals surface area contributed by atoms with Gasteiger partial charge >= 0.3 is 21.2 Å². The number of aromatic amines is 4. The van der Waals surface area contributed by atoms with E-state index >= 15 is 0 Å². The highest BCUT2D eigenvalue weighted by Crippen LogP contribution is 2.57. The Hall–Kier alpha value is -9.68. The molecule has 8 unspecified atom stereocenters. The van der Waals surface area contributed by atoms with Gasteiger partial charge in [0.05, 0.1) is 83.8 Å². The summed E-state index contributed by atoms with van der Waals surface area (Å²) < 4.78 is 128. The Morgan fingerprint density at radius 2 is 1.16 bits per heavy atom. The van der Waals surface area contributed by atoms with Crippen LogP contribution in [0.3, 0.4) is 0 Å². The summed E-state index contributed by atoms with van der Waals surface area (Å²) in [5.74, 6) is 2.01. The molecule has 44 nitrogen and oxygen atoms in total.